The first-order valence-electron chi connectivity index (χ1n) is 16.5. The van der Waals surface area contributed by atoms with Gasteiger partial charge >= 0.3 is 0 Å². The molecule has 0 saturated carbocycles. The van der Waals surface area contributed by atoms with Gasteiger partial charge in [-0.1, -0.05) is 156 Å². The Labute approximate surface area is 222 Å². The van der Waals surface area contributed by atoms with Crippen LogP contribution in [0.5, 0.6) is 0 Å². The predicted molar refractivity (Wildman–Crippen MR) is 159 cm³/mol. The molecule has 0 spiro atoms. The van der Waals surface area contributed by atoms with E-state index in [2.05, 4.69) is 43.0 Å². The molecule has 1 aliphatic heterocycles. The van der Waals surface area contributed by atoms with Crippen molar-refractivity contribution in [2.24, 2.45) is 0 Å². The molecule has 2 nitrogen and oxygen atoms in total. The number of unbranched alkanes of at least 4 members (excludes halogenated alkanes) is 21. The Balaban J connectivity index is 2.11. The predicted octanol–water partition coefficient (Wildman–Crippen LogP) is 11.2. The number of hydrogen-bond donors (Lipinski definition) is 0. The van der Waals surface area contributed by atoms with E-state index in [0.717, 1.165) is 0 Å². The maximum absolute atomic E-state index is 2.68. The van der Waals surface area contributed by atoms with Gasteiger partial charge in [-0.2, -0.15) is 0 Å². The molecule has 1 aliphatic rings. The van der Waals surface area contributed by atoms with E-state index in [1.807, 2.05) is 0 Å². The summed E-state index contributed by atoms with van der Waals surface area (Å²) in [5.41, 5.74) is 0. The molecular formula is C33H66N2. The highest BCUT2D eigenvalue weighted by atomic mass is 15.4. The molecular weight excluding hydrogens is 424 g/mol. The van der Waals surface area contributed by atoms with Gasteiger partial charge in [0.2, 0.25) is 0 Å². The molecule has 0 aromatic rings. The zero-order valence-corrected chi connectivity index (χ0v) is 24.7. The summed E-state index contributed by atoms with van der Waals surface area (Å²) in [6.45, 7) is 9.45. The Kier molecular flexibility index (Phi) is 23.1. The second-order valence-corrected chi connectivity index (χ2v) is 11.5. The van der Waals surface area contributed by atoms with Crippen molar-refractivity contribution in [2.45, 2.75) is 187 Å². The van der Waals surface area contributed by atoms with Crippen molar-refractivity contribution in [1.82, 2.24) is 9.80 Å². The molecule has 1 rings (SSSR count). The van der Waals surface area contributed by atoms with Crippen LogP contribution in [0.3, 0.4) is 0 Å². The average molecular weight is 491 g/mol. The normalized spacial score (nSPS) is 15.6. The van der Waals surface area contributed by atoms with Crippen molar-refractivity contribution in [3.8, 4) is 0 Å². The maximum atomic E-state index is 2.68. The largest absolute Gasteiger partial charge is 0.356 e. The standard InChI is InChI=1S/C33H66N2/c1-4-7-10-12-14-15-16-17-18-19-20-21-23-25-28-33-34(29-26-9-6-3)31-32-35(33)30-27-24-22-13-11-8-5-2/h31-33H,4-30H2,1-3H3. The van der Waals surface area contributed by atoms with Crippen LogP contribution in [0, 0.1) is 0 Å². The highest BCUT2D eigenvalue weighted by Gasteiger charge is 2.24. The van der Waals surface area contributed by atoms with Gasteiger partial charge in [-0.05, 0) is 25.7 Å². The molecule has 0 aromatic carbocycles. The van der Waals surface area contributed by atoms with Gasteiger partial charge in [-0.3, -0.25) is 0 Å². The summed E-state index contributed by atoms with van der Waals surface area (Å²) in [6, 6.07) is 0. The Bertz CT molecular complexity index is 446. The summed E-state index contributed by atoms with van der Waals surface area (Å²) in [4.78, 5) is 5.35. The Hall–Kier alpha value is -0.660. The van der Waals surface area contributed by atoms with Crippen molar-refractivity contribution in [1.29, 1.82) is 0 Å². The SMILES string of the molecule is CCCCCCCCCCCCCCCCC1N(CCCCC)C=CN1CCCCCCCCC. The van der Waals surface area contributed by atoms with Gasteiger partial charge in [0.05, 0.1) is 0 Å². The smallest absolute Gasteiger partial charge is 0.101 e. The second-order valence-electron chi connectivity index (χ2n) is 11.5. The fourth-order valence-corrected chi connectivity index (χ4v) is 5.66. The van der Waals surface area contributed by atoms with Crippen molar-refractivity contribution in [3.63, 3.8) is 0 Å². The van der Waals surface area contributed by atoms with Crippen molar-refractivity contribution in [3.05, 3.63) is 12.4 Å². The summed E-state index contributed by atoms with van der Waals surface area (Å²) < 4.78 is 0. The molecule has 0 radical (unpaired) electrons. The molecule has 208 valence electrons. The molecule has 1 atom stereocenters. The minimum absolute atomic E-state index is 0.643. The molecule has 0 bridgehead atoms. The maximum Gasteiger partial charge on any atom is 0.101 e. The molecule has 0 amide bonds. The van der Waals surface area contributed by atoms with Crippen LogP contribution in [0.2, 0.25) is 0 Å². The summed E-state index contributed by atoms with van der Waals surface area (Å²) in [5.74, 6) is 0. The molecule has 0 aromatic heterocycles. The van der Waals surface area contributed by atoms with Crippen LogP contribution in [-0.2, 0) is 0 Å². The summed E-state index contributed by atoms with van der Waals surface area (Å²) >= 11 is 0. The average Bonchev–Trinajstić information content (AvgIpc) is 3.25. The van der Waals surface area contributed by atoms with Gasteiger partial charge in [0.25, 0.3) is 0 Å². The Morgan fingerprint density at radius 1 is 0.371 bits per heavy atom. The van der Waals surface area contributed by atoms with Crippen molar-refractivity contribution < 1.29 is 0 Å². The molecule has 1 unspecified atom stereocenters. The minimum Gasteiger partial charge on any atom is -0.356 e. The summed E-state index contributed by atoms with van der Waals surface area (Å²) in [7, 11) is 0. The summed E-state index contributed by atoms with van der Waals surface area (Å²) in [6.07, 6.45) is 41.0. The third-order valence-corrected chi connectivity index (χ3v) is 8.07. The summed E-state index contributed by atoms with van der Waals surface area (Å²) in [5, 5.41) is 0. The van der Waals surface area contributed by atoms with Crippen LogP contribution in [-0.4, -0.2) is 29.1 Å². The van der Waals surface area contributed by atoms with E-state index >= 15 is 0 Å². The van der Waals surface area contributed by atoms with Crippen LogP contribution in [0.15, 0.2) is 12.4 Å². The number of nitrogens with zero attached hydrogens (tertiary/aromatic N) is 2. The highest BCUT2D eigenvalue weighted by Crippen LogP contribution is 2.24. The third kappa shape index (κ3) is 18.3. The molecule has 2 heteroatoms. The molecule has 35 heavy (non-hydrogen) atoms. The number of hydrogen-bond acceptors (Lipinski definition) is 2. The van der Waals surface area contributed by atoms with Crippen LogP contribution >= 0.6 is 0 Å². The molecule has 0 saturated heterocycles. The lowest BCUT2D eigenvalue weighted by Gasteiger charge is -2.33. The monoisotopic (exact) mass is 491 g/mol. The quantitative estimate of drug-likeness (QED) is 0.106. The molecule has 0 aliphatic carbocycles. The van der Waals surface area contributed by atoms with Gasteiger partial charge in [-0.15, -0.1) is 0 Å². The van der Waals surface area contributed by atoms with E-state index in [4.69, 9.17) is 0 Å². The van der Waals surface area contributed by atoms with Crippen LogP contribution in [0.1, 0.15) is 181 Å². The highest BCUT2D eigenvalue weighted by molar-refractivity contribution is 4.97. The van der Waals surface area contributed by atoms with Crippen LogP contribution in [0.4, 0.5) is 0 Å². The van der Waals surface area contributed by atoms with Gasteiger partial charge in [0.15, 0.2) is 0 Å². The first-order valence-corrected chi connectivity index (χ1v) is 16.5. The molecule has 0 fully saturated rings. The molecule has 0 N–H and O–H groups in total. The Morgan fingerprint density at radius 3 is 1.06 bits per heavy atom. The van der Waals surface area contributed by atoms with Gasteiger partial charge in [0, 0.05) is 25.5 Å². The van der Waals surface area contributed by atoms with Crippen LogP contribution < -0.4 is 0 Å². The lowest BCUT2D eigenvalue weighted by atomic mass is 10.0. The zero-order chi connectivity index (χ0) is 25.2. The van der Waals surface area contributed by atoms with E-state index < -0.39 is 0 Å². The van der Waals surface area contributed by atoms with E-state index in [-0.39, 0.29) is 0 Å². The first-order chi connectivity index (χ1) is 17.3. The van der Waals surface area contributed by atoms with Gasteiger partial charge in [-0.25, -0.2) is 0 Å². The van der Waals surface area contributed by atoms with Crippen LogP contribution in [0.25, 0.3) is 0 Å². The topological polar surface area (TPSA) is 6.48 Å². The van der Waals surface area contributed by atoms with Gasteiger partial charge < -0.3 is 9.80 Å². The van der Waals surface area contributed by atoms with E-state index in [1.165, 1.54) is 174 Å². The second kappa shape index (κ2) is 25.0. The zero-order valence-electron chi connectivity index (χ0n) is 24.7. The Morgan fingerprint density at radius 2 is 0.657 bits per heavy atom. The van der Waals surface area contributed by atoms with E-state index in [1.54, 1.807) is 0 Å². The van der Waals surface area contributed by atoms with Crippen molar-refractivity contribution >= 4 is 0 Å². The minimum atomic E-state index is 0.643. The van der Waals surface area contributed by atoms with E-state index in [9.17, 15) is 0 Å². The first kappa shape index (κ1) is 32.4. The van der Waals surface area contributed by atoms with Gasteiger partial charge in [0.1, 0.15) is 6.17 Å². The fourth-order valence-electron chi connectivity index (χ4n) is 5.66. The lowest BCUT2D eigenvalue weighted by molar-refractivity contribution is 0.135. The third-order valence-electron chi connectivity index (χ3n) is 8.07. The fraction of sp³-hybridized carbons (Fsp3) is 0.939. The molecule has 1 heterocycles. The lowest BCUT2D eigenvalue weighted by Crippen LogP contribution is -2.39. The van der Waals surface area contributed by atoms with Crippen molar-refractivity contribution in [2.75, 3.05) is 13.1 Å². The number of rotatable bonds is 27. The van der Waals surface area contributed by atoms with E-state index in [0.29, 0.717) is 6.17 Å².